The Bertz CT molecular complexity index is 833. The molecule has 9 heteroatoms. The van der Waals surface area contributed by atoms with Crippen LogP contribution in [-0.4, -0.2) is 61.3 Å². The molecule has 31 heavy (non-hydrogen) atoms. The van der Waals surface area contributed by atoms with Crippen molar-refractivity contribution < 1.29 is 13.9 Å². The molecule has 0 radical (unpaired) electrons. The number of ether oxygens (including phenoxy) is 2. The van der Waals surface area contributed by atoms with Crippen molar-refractivity contribution in [3.8, 4) is 11.6 Å². The molecule has 7 nitrogen and oxygen atoms in total. The van der Waals surface area contributed by atoms with E-state index in [0.717, 1.165) is 50.9 Å². The monoisotopic (exact) mass is 543 g/mol. The average molecular weight is 543 g/mol. The Labute approximate surface area is 200 Å². The molecule has 0 amide bonds. The van der Waals surface area contributed by atoms with E-state index in [4.69, 9.17) is 9.47 Å². The molecule has 0 aliphatic carbocycles. The van der Waals surface area contributed by atoms with Crippen LogP contribution in [0.25, 0.3) is 0 Å². The molecule has 2 heterocycles. The first kappa shape index (κ1) is 25.3. The summed E-state index contributed by atoms with van der Waals surface area (Å²) in [7, 11) is 0. The van der Waals surface area contributed by atoms with Gasteiger partial charge in [0.15, 0.2) is 5.96 Å². The van der Waals surface area contributed by atoms with E-state index in [9.17, 15) is 4.39 Å². The summed E-state index contributed by atoms with van der Waals surface area (Å²) < 4.78 is 24.7. The maximum Gasteiger partial charge on any atom is 0.224 e. The fourth-order valence-corrected chi connectivity index (χ4v) is 3.18. The summed E-state index contributed by atoms with van der Waals surface area (Å²) in [6, 6.07) is 10.1. The van der Waals surface area contributed by atoms with E-state index in [0.29, 0.717) is 24.2 Å². The average Bonchev–Trinajstić information content (AvgIpc) is 2.77. The first-order valence-corrected chi connectivity index (χ1v) is 10.4. The lowest BCUT2D eigenvalue weighted by Gasteiger charge is -2.32. The number of rotatable bonds is 8. The van der Waals surface area contributed by atoms with Crippen molar-refractivity contribution >= 4 is 29.9 Å². The van der Waals surface area contributed by atoms with Crippen LogP contribution >= 0.6 is 24.0 Å². The van der Waals surface area contributed by atoms with Crippen LogP contribution in [-0.2, 0) is 11.3 Å². The molecule has 2 aromatic rings. The number of aromatic nitrogens is 1. The summed E-state index contributed by atoms with van der Waals surface area (Å²) in [6.45, 7) is 9.64. The maximum absolute atomic E-state index is 13.4. The fourth-order valence-electron chi connectivity index (χ4n) is 3.18. The van der Waals surface area contributed by atoms with Crippen molar-refractivity contribution in [3.63, 3.8) is 0 Å². The normalized spacial score (nSPS) is 15.6. The van der Waals surface area contributed by atoms with Gasteiger partial charge in [-0.25, -0.2) is 14.4 Å². The van der Waals surface area contributed by atoms with Crippen molar-refractivity contribution in [1.29, 1.82) is 0 Å². The lowest BCUT2D eigenvalue weighted by molar-refractivity contribution is 0.0211. The third kappa shape index (κ3) is 8.23. The van der Waals surface area contributed by atoms with Crippen LogP contribution in [0.2, 0.25) is 0 Å². The van der Waals surface area contributed by atoms with Gasteiger partial charge in [-0.05, 0) is 32.0 Å². The van der Waals surface area contributed by atoms with Crippen LogP contribution in [0, 0.1) is 5.82 Å². The Balaban J connectivity index is 0.00000341. The van der Waals surface area contributed by atoms with Gasteiger partial charge in [-0.3, -0.25) is 4.90 Å². The van der Waals surface area contributed by atoms with Crippen molar-refractivity contribution in [2.24, 2.45) is 4.99 Å². The summed E-state index contributed by atoms with van der Waals surface area (Å²) in [5, 5.41) is 6.68. The third-order valence-electron chi connectivity index (χ3n) is 4.85. The Hall–Kier alpha value is -1.98. The molecule has 2 N–H and O–H groups in total. The zero-order valence-corrected chi connectivity index (χ0v) is 20.3. The zero-order chi connectivity index (χ0) is 21.2. The van der Waals surface area contributed by atoms with Gasteiger partial charge in [0.2, 0.25) is 5.88 Å². The highest BCUT2D eigenvalue weighted by Crippen LogP contribution is 2.23. The van der Waals surface area contributed by atoms with Gasteiger partial charge in [0.05, 0.1) is 19.8 Å². The highest BCUT2D eigenvalue weighted by Gasteiger charge is 2.17. The van der Waals surface area contributed by atoms with Gasteiger partial charge in [0.25, 0.3) is 0 Å². The Morgan fingerprint density at radius 3 is 2.81 bits per heavy atom. The number of benzene rings is 1. The molecule has 1 aliphatic heterocycles. The van der Waals surface area contributed by atoms with Gasteiger partial charge in [0.1, 0.15) is 11.6 Å². The Kier molecular flexibility index (Phi) is 11.0. The summed E-state index contributed by atoms with van der Waals surface area (Å²) in [4.78, 5) is 11.4. The molecule has 1 aromatic carbocycles. The number of hydrogen-bond donors (Lipinski definition) is 2. The minimum Gasteiger partial charge on any atom is -0.439 e. The second-order valence-electron chi connectivity index (χ2n) is 7.10. The van der Waals surface area contributed by atoms with Gasteiger partial charge in [-0.2, -0.15) is 0 Å². The number of nitrogens with one attached hydrogen (secondary N) is 2. The highest BCUT2D eigenvalue weighted by molar-refractivity contribution is 14.0. The van der Waals surface area contributed by atoms with Crippen LogP contribution in [0.15, 0.2) is 47.6 Å². The molecule has 3 rings (SSSR count). The molecular formula is C22H31FIN5O2. The van der Waals surface area contributed by atoms with Crippen LogP contribution in [0.1, 0.15) is 19.4 Å². The lowest BCUT2D eigenvalue weighted by atomic mass is 10.2. The van der Waals surface area contributed by atoms with E-state index in [-0.39, 0.29) is 29.8 Å². The van der Waals surface area contributed by atoms with Gasteiger partial charge in [0, 0.05) is 50.0 Å². The molecule has 0 spiro atoms. The van der Waals surface area contributed by atoms with Gasteiger partial charge >= 0.3 is 0 Å². The van der Waals surface area contributed by atoms with Crippen LogP contribution in [0.3, 0.4) is 0 Å². The maximum atomic E-state index is 13.4. The Morgan fingerprint density at radius 1 is 1.26 bits per heavy atom. The quantitative estimate of drug-likeness (QED) is 0.302. The van der Waals surface area contributed by atoms with E-state index in [2.05, 4.69) is 32.4 Å². The molecule has 1 aromatic heterocycles. The molecule has 1 aliphatic rings. The first-order valence-electron chi connectivity index (χ1n) is 10.4. The Morgan fingerprint density at radius 2 is 2.06 bits per heavy atom. The number of aliphatic imine (C=N–C) groups is 1. The van der Waals surface area contributed by atoms with Crippen molar-refractivity contribution in [3.05, 3.63) is 54.0 Å². The van der Waals surface area contributed by atoms with E-state index in [1.165, 1.54) is 12.1 Å². The highest BCUT2D eigenvalue weighted by atomic mass is 127. The number of halogens is 2. The molecule has 0 saturated carbocycles. The van der Waals surface area contributed by atoms with Crippen LogP contribution < -0.4 is 15.4 Å². The molecule has 1 saturated heterocycles. The van der Waals surface area contributed by atoms with Crippen LogP contribution in [0.5, 0.6) is 11.6 Å². The summed E-state index contributed by atoms with van der Waals surface area (Å²) >= 11 is 0. The van der Waals surface area contributed by atoms with Crippen LogP contribution in [0.4, 0.5) is 4.39 Å². The summed E-state index contributed by atoms with van der Waals surface area (Å²) in [6.07, 6.45) is 1.65. The topological polar surface area (TPSA) is 71.0 Å². The van der Waals surface area contributed by atoms with Gasteiger partial charge in [-0.1, -0.05) is 12.1 Å². The standard InChI is InChI=1S/C22H30FN5O2.HI/c1-3-24-22(26-15-17(2)28-10-12-29-13-11-28)27-16-18-6-5-9-25-21(18)30-20-8-4-7-19(23)14-20;/h4-9,14,17H,3,10-13,15-16H2,1-2H3,(H2,24,26,27);1H. The smallest absolute Gasteiger partial charge is 0.224 e. The van der Waals surface area contributed by atoms with Crippen molar-refractivity contribution in [2.75, 3.05) is 39.4 Å². The number of hydrogen-bond acceptors (Lipinski definition) is 5. The first-order chi connectivity index (χ1) is 14.7. The summed E-state index contributed by atoms with van der Waals surface area (Å²) in [5.74, 6) is 1.21. The number of guanidine groups is 1. The minimum absolute atomic E-state index is 0. The SMILES string of the molecule is CCNC(=NCc1cccnc1Oc1cccc(F)c1)NCC(C)N1CCOCC1.I. The van der Waals surface area contributed by atoms with E-state index < -0.39 is 0 Å². The molecule has 0 bridgehead atoms. The molecule has 1 unspecified atom stereocenters. The van der Waals surface area contributed by atoms with E-state index >= 15 is 0 Å². The van der Waals surface area contributed by atoms with Crippen molar-refractivity contribution in [2.45, 2.75) is 26.4 Å². The fraction of sp³-hybridized carbons (Fsp3) is 0.455. The molecular weight excluding hydrogens is 512 g/mol. The molecule has 170 valence electrons. The van der Waals surface area contributed by atoms with Crippen molar-refractivity contribution in [1.82, 2.24) is 20.5 Å². The summed E-state index contributed by atoms with van der Waals surface area (Å²) in [5.41, 5.74) is 0.820. The van der Waals surface area contributed by atoms with E-state index in [1.807, 2.05) is 19.1 Å². The second-order valence-corrected chi connectivity index (χ2v) is 7.10. The van der Waals surface area contributed by atoms with E-state index in [1.54, 1.807) is 18.3 Å². The third-order valence-corrected chi connectivity index (χ3v) is 4.85. The van der Waals surface area contributed by atoms with Gasteiger partial charge in [-0.15, -0.1) is 24.0 Å². The molecule has 1 atom stereocenters. The number of pyridine rings is 1. The second kappa shape index (κ2) is 13.4. The molecule has 1 fully saturated rings. The zero-order valence-electron chi connectivity index (χ0n) is 18.0. The number of nitrogens with zero attached hydrogens (tertiary/aromatic N) is 3. The number of morpholine rings is 1. The predicted octanol–water partition coefficient (Wildman–Crippen LogP) is 3.41. The largest absolute Gasteiger partial charge is 0.439 e. The van der Waals surface area contributed by atoms with Gasteiger partial charge < -0.3 is 20.1 Å². The predicted molar refractivity (Wildman–Crippen MR) is 131 cm³/mol. The lowest BCUT2D eigenvalue weighted by Crippen LogP contribution is -2.49. The minimum atomic E-state index is -0.351.